The third-order valence-electron chi connectivity index (χ3n) is 3.77. The van der Waals surface area contributed by atoms with E-state index in [4.69, 9.17) is 16.3 Å². The molecule has 0 atom stereocenters. The summed E-state index contributed by atoms with van der Waals surface area (Å²) in [7, 11) is -0.259. The maximum atomic E-state index is 12.6. The molecule has 1 N–H and O–H groups in total. The number of rotatable bonds is 7. The van der Waals surface area contributed by atoms with E-state index < -0.39 is 21.7 Å². The minimum Gasteiger partial charge on any atom is -0.495 e. The fourth-order valence-corrected chi connectivity index (χ4v) is 3.53. The van der Waals surface area contributed by atoms with Crippen molar-refractivity contribution in [1.29, 1.82) is 0 Å². The second kappa shape index (κ2) is 9.07. The molecule has 0 radical (unpaired) electrons. The standard InChI is InChI=1S/C19H21ClN2O5S/c1-22(11-18(23)21-16-10-15(20)7-8-17(16)27-2)19(24)14-6-4-5-13(9-14)12-28(3,25)26/h4-10H,11-12H2,1-3H3,(H,21,23). The fourth-order valence-electron chi connectivity index (χ4n) is 2.57. The molecule has 2 aromatic carbocycles. The zero-order valence-electron chi connectivity index (χ0n) is 15.7. The number of sulfone groups is 1. The van der Waals surface area contributed by atoms with E-state index in [1.54, 1.807) is 36.4 Å². The predicted octanol–water partition coefficient (Wildman–Crippen LogP) is 2.60. The van der Waals surface area contributed by atoms with E-state index >= 15 is 0 Å². The van der Waals surface area contributed by atoms with Crippen LogP contribution >= 0.6 is 11.6 Å². The van der Waals surface area contributed by atoms with E-state index in [9.17, 15) is 18.0 Å². The quantitative estimate of drug-likeness (QED) is 0.737. The number of carbonyl (C=O) groups is 2. The lowest BCUT2D eigenvalue weighted by Crippen LogP contribution is -2.35. The number of benzene rings is 2. The van der Waals surface area contributed by atoms with Gasteiger partial charge in [-0.2, -0.15) is 0 Å². The van der Waals surface area contributed by atoms with Crippen molar-refractivity contribution in [1.82, 2.24) is 4.90 Å². The van der Waals surface area contributed by atoms with Crippen LogP contribution in [-0.2, 0) is 20.4 Å². The van der Waals surface area contributed by atoms with Gasteiger partial charge < -0.3 is 15.0 Å². The first kappa shape index (κ1) is 21.7. The molecule has 0 fully saturated rings. The summed E-state index contributed by atoms with van der Waals surface area (Å²) in [5.74, 6) is -0.542. The molecule has 0 saturated carbocycles. The highest BCUT2D eigenvalue weighted by Gasteiger charge is 2.17. The number of halogens is 1. The molecule has 0 aliphatic rings. The first-order chi connectivity index (χ1) is 13.1. The predicted molar refractivity (Wildman–Crippen MR) is 109 cm³/mol. The van der Waals surface area contributed by atoms with E-state index in [0.717, 1.165) is 6.26 Å². The average molecular weight is 425 g/mol. The third kappa shape index (κ3) is 6.24. The van der Waals surface area contributed by atoms with E-state index in [1.807, 2.05) is 0 Å². The van der Waals surface area contributed by atoms with Crippen molar-refractivity contribution in [2.75, 3.05) is 32.3 Å². The number of carbonyl (C=O) groups excluding carboxylic acids is 2. The van der Waals surface area contributed by atoms with E-state index in [1.165, 1.54) is 25.1 Å². The normalized spacial score (nSPS) is 11.0. The van der Waals surface area contributed by atoms with Gasteiger partial charge in [-0.1, -0.05) is 23.7 Å². The molecule has 0 unspecified atom stereocenters. The summed E-state index contributed by atoms with van der Waals surface area (Å²) in [6.07, 6.45) is 1.13. The number of hydrogen-bond donors (Lipinski definition) is 1. The minimum absolute atomic E-state index is 0.160. The number of amides is 2. The highest BCUT2D eigenvalue weighted by Crippen LogP contribution is 2.27. The topological polar surface area (TPSA) is 92.8 Å². The molecule has 0 aromatic heterocycles. The molecule has 0 aliphatic carbocycles. The lowest BCUT2D eigenvalue weighted by atomic mass is 10.1. The molecule has 7 nitrogen and oxygen atoms in total. The Morgan fingerprint density at radius 3 is 2.54 bits per heavy atom. The number of ether oxygens (including phenoxy) is 1. The minimum atomic E-state index is -3.22. The second-order valence-corrected chi connectivity index (χ2v) is 8.90. The zero-order valence-corrected chi connectivity index (χ0v) is 17.3. The summed E-state index contributed by atoms with van der Waals surface area (Å²) >= 11 is 5.94. The van der Waals surface area contributed by atoms with Crippen molar-refractivity contribution in [3.8, 4) is 5.75 Å². The highest BCUT2D eigenvalue weighted by atomic mass is 35.5. The molecule has 150 valence electrons. The van der Waals surface area contributed by atoms with Gasteiger partial charge in [0.15, 0.2) is 9.84 Å². The molecule has 9 heteroatoms. The van der Waals surface area contributed by atoms with Crippen molar-refractivity contribution >= 4 is 38.9 Å². The number of nitrogens with one attached hydrogen (secondary N) is 1. The summed E-state index contributed by atoms with van der Waals surface area (Å²) in [5.41, 5.74) is 1.21. The van der Waals surface area contributed by atoms with Crippen LogP contribution in [0, 0.1) is 0 Å². The maximum Gasteiger partial charge on any atom is 0.254 e. The Balaban J connectivity index is 2.07. The van der Waals surface area contributed by atoms with Gasteiger partial charge in [0.25, 0.3) is 5.91 Å². The molecule has 0 heterocycles. The van der Waals surface area contributed by atoms with Gasteiger partial charge in [-0.05, 0) is 35.9 Å². The summed E-state index contributed by atoms with van der Waals surface area (Å²) < 4.78 is 28.1. The Morgan fingerprint density at radius 1 is 1.18 bits per heavy atom. The van der Waals surface area contributed by atoms with E-state index in [-0.39, 0.29) is 12.3 Å². The van der Waals surface area contributed by atoms with Gasteiger partial charge in [-0.3, -0.25) is 9.59 Å². The number of hydrogen-bond acceptors (Lipinski definition) is 5. The van der Waals surface area contributed by atoms with Crippen molar-refractivity contribution in [2.45, 2.75) is 5.75 Å². The van der Waals surface area contributed by atoms with Crippen LogP contribution in [0.25, 0.3) is 0 Å². The highest BCUT2D eigenvalue weighted by molar-refractivity contribution is 7.89. The lowest BCUT2D eigenvalue weighted by molar-refractivity contribution is -0.116. The molecule has 0 aliphatic heterocycles. The van der Waals surface area contributed by atoms with Gasteiger partial charge in [0, 0.05) is 23.9 Å². The summed E-state index contributed by atoms with van der Waals surface area (Å²) in [4.78, 5) is 26.1. The zero-order chi connectivity index (χ0) is 20.9. The summed E-state index contributed by atoms with van der Waals surface area (Å²) in [5, 5.41) is 3.09. The molecule has 0 bridgehead atoms. The van der Waals surface area contributed by atoms with Crippen LogP contribution < -0.4 is 10.1 Å². The Kier molecular flexibility index (Phi) is 7.04. The smallest absolute Gasteiger partial charge is 0.254 e. The summed E-state index contributed by atoms with van der Waals surface area (Å²) in [6.45, 7) is -0.204. The van der Waals surface area contributed by atoms with Gasteiger partial charge in [0.1, 0.15) is 5.75 Å². The van der Waals surface area contributed by atoms with E-state index in [2.05, 4.69) is 5.32 Å². The fraction of sp³-hybridized carbons (Fsp3) is 0.263. The first-order valence-electron chi connectivity index (χ1n) is 8.24. The molecule has 28 heavy (non-hydrogen) atoms. The Morgan fingerprint density at radius 2 is 1.89 bits per heavy atom. The average Bonchev–Trinajstić information content (AvgIpc) is 2.60. The number of methoxy groups -OCH3 is 1. The van der Waals surface area contributed by atoms with Gasteiger partial charge in [0.05, 0.1) is 25.1 Å². The molecule has 2 aromatic rings. The van der Waals surface area contributed by atoms with E-state index in [0.29, 0.717) is 27.6 Å². The Labute approximate surface area is 169 Å². The SMILES string of the molecule is COc1ccc(Cl)cc1NC(=O)CN(C)C(=O)c1cccc(CS(C)(=O)=O)c1. The number of anilines is 1. The molecular formula is C19H21ClN2O5S. The van der Waals surface area contributed by atoms with Gasteiger partial charge in [-0.15, -0.1) is 0 Å². The molecule has 2 rings (SSSR count). The van der Waals surface area contributed by atoms with Crippen molar-refractivity contribution < 1.29 is 22.7 Å². The first-order valence-corrected chi connectivity index (χ1v) is 10.7. The van der Waals surface area contributed by atoms with Crippen LogP contribution in [0.15, 0.2) is 42.5 Å². The second-order valence-electron chi connectivity index (χ2n) is 6.32. The number of nitrogens with zero attached hydrogens (tertiary/aromatic N) is 1. The Hall–Kier alpha value is -2.58. The van der Waals surface area contributed by atoms with Crippen molar-refractivity contribution in [3.05, 3.63) is 58.6 Å². The molecule has 0 saturated heterocycles. The van der Waals surface area contributed by atoms with Crippen LogP contribution in [0.5, 0.6) is 5.75 Å². The van der Waals surface area contributed by atoms with Crippen LogP contribution in [0.3, 0.4) is 0 Å². The van der Waals surface area contributed by atoms with Crippen LogP contribution in [0.2, 0.25) is 5.02 Å². The van der Waals surface area contributed by atoms with Crippen molar-refractivity contribution in [2.24, 2.45) is 0 Å². The monoisotopic (exact) mass is 424 g/mol. The summed E-state index contributed by atoms with van der Waals surface area (Å²) in [6, 6.07) is 11.1. The van der Waals surface area contributed by atoms with Crippen LogP contribution in [-0.4, -0.2) is 52.1 Å². The lowest BCUT2D eigenvalue weighted by Gasteiger charge is -2.18. The molecule has 2 amide bonds. The van der Waals surface area contributed by atoms with Crippen LogP contribution in [0.4, 0.5) is 5.69 Å². The van der Waals surface area contributed by atoms with Gasteiger partial charge >= 0.3 is 0 Å². The van der Waals surface area contributed by atoms with Crippen molar-refractivity contribution in [3.63, 3.8) is 0 Å². The molecule has 0 spiro atoms. The Bertz CT molecular complexity index is 992. The third-order valence-corrected chi connectivity index (χ3v) is 4.86. The van der Waals surface area contributed by atoms with Crippen LogP contribution in [0.1, 0.15) is 15.9 Å². The number of likely N-dealkylation sites (N-methyl/N-ethyl adjacent to an activating group) is 1. The molecular weight excluding hydrogens is 404 g/mol. The van der Waals surface area contributed by atoms with Gasteiger partial charge in [-0.25, -0.2) is 8.42 Å². The maximum absolute atomic E-state index is 12.6. The largest absolute Gasteiger partial charge is 0.495 e. The van der Waals surface area contributed by atoms with Gasteiger partial charge in [0.2, 0.25) is 5.91 Å².